The number of aromatic nitrogens is 4. The molecule has 5 rings (SSSR count). The lowest BCUT2D eigenvalue weighted by atomic mass is 10.1. The molecule has 29 heteroatoms. The van der Waals surface area contributed by atoms with Gasteiger partial charge in [-0.2, -0.15) is 4.99 Å². The maximum Gasteiger partial charge on any atom is 0.296 e. The highest BCUT2D eigenvalue weighted by molar-refractivity contribution is 7.80. The minimum absolute atomic E-state index is 0.0269. The number of aliphatic imine (C=N–C) groups is 1. The highest BCUT2D eigenvalue weighted by Gasteiger charge is 2.25. The van der Waals surface area contributed by atoms with E-state index in [9.17, 15) is 68.8 Å². The van der Waals surface area contributed by atoms with Crippen molar-refractivity contribution >= 4 is 81.5 Å². The first-order chi connectivity index (χ1) is 38.3. The summed E-state index contributed by atoms with van der Waals surface area (Å²) in [7, 11) is 1.46. The van der Waals surface area contributed by atoms with Gasteiger partial charge in [-0.05, 0) is 130 Å². The maximum atomic E-state index is 13.7. The number of nitrogens with one attached hydrogen (secondary N) is 6. The van der Waals surface area contributed by atoms with Gasteiger partial charge < -0.3 is 62.5 Å². The van der Waals surface area contributed by atoms with Gasteiger partial charge in [0.25, 0.3) is 57.7 Å². The monoisotopic (exact) mass is 1140 g/mol. The normalized spacial score (nSPS) is 11.0. The number of anilines is 1. The predicted molar refractivity (Wildman–Crippen MR) is 296 cm³/mol. The Kier molecular flexibility index (Phi) is 22.9. The Labute approximate surface area is 466 Å². The summed E-state index contributed by atoms with van der Waals surface area (Å²) < 4.78 is 0.423. The summed E-state index contributed by atoms with van der Waals surface area (Å²) in [5.74, 6) is -5.03. The molecule has 0 spiro atoms. The standard InChI is InChI=1S/C51H59N13O14S2/c1-3-24-52-43(67)35-20-22-37(63(77)47(35)71)45(69)55-30-34(11-4-5-25-54-51(80)58-33-18-16-32(17-19-33)56-31-79)57-46(70)38-23-21-36(48(72)64(38)78)44(68)53-26-10-29-60(50(74)40-13-9-15-42(66)62(40)76)28-7-6-27-59(2)49(73)39-12-8-14-41(65)61(39)75/h8-9,12-23,34,75-78H,3-7,10-11,24-30H2,1-2H3,(H,52,67)(H,53,68)(H,55,69)(H,57,70)(H2,54,58,80)/t34-/m0/s1. The van der Waals surface area contributed by atoms with Gasteiger partial charge in [0.2, 0.25) is 0 Å². The summed E-state index contributed by atoms with van der Waals surface area (Å²) in [6.07, 6.45) is 2.35. The van der Waals surface area contributed by atoms with Gasteiger partial charge in [-0.3, -0.25) is 47.9 Å². The number of carbonyl (C=O) groups is 6. The molecular weight excluding hydrogens is 1080 g/mol. The van der Waals surface area contributed by atoms with Crippen molar-refractivity contribution in [2.75, 3.05) is 58.2 Å². The first-order valence-corrected chi connectivity index (χ1v) is 25.8. The highest BCUT2D eigenvalue weighted by Crippen LogP contribution is 2.16. The molecule has 0 unspecified atom stereocenters. The Hall–Kier alpha value is -9.47. The van der Waals surface area contributed by atoms with Crippen LogP contribution >= 0.6 is 24.4 Å². The number of hydrogen-bond acceptors (Lipinski definition) is 17. The highest BCUT2D eigenvalue weighted by atomic mass is 32.1. The summed E-state index contributed by atoms with van der Waals surface area (Å²) in [6, 6.07) is 17.4. The molecule has 0 radical (unpaired) electrons. The molecule has 6 amide bonds. The molecular formula is C51H59N13O14S2. The van der Waals surface area contributed by atoms with E-state index in [1.165, 1.54) is 41.1 Å². The quantitative estimate of drug-likeness (QED) is 0.0155. The van der Waals surface area contributed by atoms with Gasteiger partial charge in [-0.15, -0.1) is 18.9 Å². The number of hydrogen-bond donors (Lipinski definition) is 10. The van der Waals surface area contributed by atoms with Crippen LogP contribution in [0.2, 0.25) is 0 Å². The van der Waals surface area contributed by atoms with Crippen LogP contribution in [0.15, 0.2) is 109 Å². The Balaban J connectivity index is 1.21. The Bertz CT molecular complexity index is 3390. The molecule has 4 heterocycles. The van der Waals surface area contributed by atoms with Crippen molar-refractivity contribution in [2.24, 2.45) is 4.99 Å². The van der Waals surface area contributed by atoms with Crippen molar-refractivity contribution in [3.05, 3.63) is 160 Å². The molecule has 0 aliphatic carbocycles. The minimum Gasteiger partial charge on any atom is -0.425 e. The number of thiocarbonyl (C=S) groups is 2. The van der Waals surface area contributed by atoms with Crippen molar-refractivity contribution in [1.29, 1.82) is 0 Å². The summed E-state index contributed by atoms with van der Waals surface area (Å²) in [5, 5.41) is 60.7. The second-order valence-corrected chi connectivity index (χ2v) is 18.3. The summed E-state index contributed by atoms with van der Waals surface area (Å²) in [4.78, 5) is 136. The van der Waals surface area contributed by atoms with Crippen molar-refractivity contribution in [2.45, 2.75) is 57.9 Å². The molecule has 80 heavy (non-hydrogen) atoms. The number of isothiocyanates is 1. The number of carbonyl (C=O) groups excluding carboxylic acids is 6. The smallest absolute Gasteiger partial charge is 0.296 e. The number of nitrogens with zero attached hydrogens (tertiary/aromatic N) is 7. The number of amides is 6. The maximum absolute atomic E-state index is 13.7. The first kappa shape index (κ1) is 61.4. The van der Waals surface area contributed by atoms with Crippen LogP contribution in [0.4, 0.5) is 11.4 Å². The van der Waals surface area contributed by atoms with E-state index < -0.39 is 86.2 Å². The van der Waals surface area contributed by atoms with E-state index in [-0.39, 0.29) is 82.4 Å². The third kappa shape index (κ3) is 16.8. The molecule has 0 saturated carbocycles. The SMILES string of the molecule is CCCNC(=O)c1ccc(C(=O)NC[C@H](CCCCNC(=S)Nc2ccc(N=C=S)cc2)NC(=O)c2ccc(C(=O)NCCCN(CCCCN(C)C(=O)c3cccc(=O)n3O)C(=O)c3cccc(=O)n3O)c(=O)n2O)n(O)c1=O. The zero-order chi connectivity index (χ0) is 58.5. The number of benzene rings is 1. The Morgan fingerprint density at radius 3 is 1.71 bits per heavy atom. The minimum atomic E-state index is -1.28. The third-order valence-electron chi connectivity index (χ3n) is 12.0. The first-order valence-electron chi connectivity index (χ1n) is 24.9. The predicted octanol–water partition coefficient (Wildman–Crippen LogP) is 1.66. The lowest BCUT2D eigenvalue weighted by molar-refractivity contribution is 0.0674. The number of rotatable bonds is 27. The second-order valence-electron chi connectivity index (χ2n) is 17.7. The van der Waals surface area contributed by atoms with Crippen LogP contribution in [0.3, 0.4) is 0 Å². The molecule has 0 aliphatic heterocycles. The van der Waals surface area contributed by atoms with Gasteiger partial charge in [0.15, 0.2) is 5.11 Å². The van der Waals surface area contributed by atoms with Crippen molar-refractivity contribution in [3.8, 4) is 0 Å². The number of pyridine rings is 4. The molecule has 424 valence electrons. The van der Waals surface area contributed by atoms with Gasteiger partial charge in [-0.25, -0.2) is 0 Å². The molecule has 10 N–H and O–H groups in total. The van der Waals surface area contributed by atoms with Crippen LogP contribution < -0.4 is 54.1 Å². The van der Waals surface area contributed by atoms with E-state index in [1.54, 1.807) is 31.2 Å². The zero-order valence-electron chi connectivity index (χ0n) is 43.4. The summed E-state index contributed by atoms with van der Waals surface area (Å²) in [6.45, 7) is 2.14. The third-order valence-corrected chi connectivity index (χ3v) is 12.3. The average Bonchev–Trinajstić information content (AvgIpc) is 3.48. The lowest BCUT2D eigenvalue weighted by Crippen LogP contribution is -2.46. The average molecular weight is 1140 g/mol. The van der Waals surface area contributed by atoms with Crippen molar-refractivity contribution < 1.29 is 49.6 Å². The van der Waals surface area contributed by atoms with Gasteiger partial charge in [0, 0.05) is 76.7 Å². The van der Waals surface area contributed by atoms with Crippen LogP contribution in [0.25, 0.3) is 0 Å². The molecule has 1 atom stereocenters. The second kappa shape index (κ2) is 29.9. The fraction of sp³-hybridized carbons (Fsp3) is 0.333. The molecule has 5 aromatic rings. The van der Waals surface area contributed by atoms with Crippen molar-refractivity contribution in [1.82, 2.24) is 55.3 Å². The number of unbranched alkanes of at least 4 members (excludes halogenated alkanes) is 2. The summed E-state index contributed by atoms with van der Waals surface area (Å²) in [5.41, 5.74) is -5.48. The molecule has 0 aliphatic rings. The van der Waals surface area contributed by atoms with Gasteiger partial charge in [0.1, 0.15) is 33.9 Å². The molecule has 0 saturated heterocycles. The fourth-order valence-corrected chi connectivity index (χ4v) is 8.04. The molecule has 1 aromatic carbocycles. The van der Waals surface area contributed by atoms with E-state index in [4.69, 9.17) is 12.2 Å². The van der Waals surface area contributed by atoms with Crippen LogP contribution in [0.1, 0.15) is 115 Å². The van der Waals surface area contributed by atoms with Crippen molar-refractivity contribution in [3.63, 3.8) is 0 Å². The Morgan fingerprint density at radius 1 is 0.588 bits per heavy atom. The van der Waals surface area contributed by atoms with Crippen LogP contribution in [-0.4, -0.2) is 154 Å². The van der Waals surface area contributed by atoms with E-state index >= 15 is 0 Å². The van der Waals surface area contributed by atoms with Gasteiger partial charge in [-0.1, -0.05) is 19.1 Å². The van der Waals surface area contributed by atoms with Crippen LogP contribution in [0, 0.1) is 0 Å². The lowest BCUT2D eigenvalue weighted by Gasteiger charge is -2.24. The van der Waals surface area contributed by atoms with Crippen LogP contribution in [0.5, 0.6) is 0 Å². The zero-order valence-corrected chi connectivity index (χ0v) is 45.0. The van der Waals surface area contributed by atoms with Crippen LogP contribution in [-0.2, 0) is 0 Å². The van der Waals surface area contributed by atoms with E-state index in [2.05, 4.69) is 54.3 Å². The topological polar surface area (TPSA) is 362 Å². The van der Waals surface area contributed by atoms with Gasteiger partial charge in [0.05, 0.1) is 10.8 Å². The van der Waals surface area contributed by atoms with E-state index in [1.807, 2.05) is 0 Å². The van der Waals surface area contributed by atoms with Gasteiger partial charge >= 0.3 is 0 Å². The Morgan fingerprint density at radius 2 is 1.12 bits per heavy atom. The summed E-state index contributed by atoms with van der Waals surface area (Å²) >= 11 is 10.0. The van der Waals surface area contributed by atoms with E-state index in [0.29, 0.717) is 55.1 Å². The molecule has 27 nitrogen and oxygen atoms in total. The largest absolute Gasteiger partial charge is 0.425 e. The molecule has 4 aromatic heterocycles. The van der Waals surface area contributed by atoms with E-state index in [0.717, 1.165) is 36.4 Å². The fourth-order valence-electron chi connectivity index (χ4n) is 7.71. The molecule has 0 fully saturated rings. The molecule has 0 bridgehead atoms.